The molecule has 1 aliphatic rings. The Labute approximate surface area is 186 Å². The van der Waals surface area contributed by atoms with Gasteiger partial charge in [0.15, 0.2) is 5.69 Å². The zero-order chi connectivity index (χ0) is 22.2. The SMILES string of the molecule is CCOC(=O)c1cc(C(C)(C)C)n(C2CCN(C(=O)c3cc4ccccc4s3)CC2)n1. The molecule has 0 atom stereocenters. The van der Waals surface area contributed by atoms with E-state index in [0.717, 1.165) is 33.5 Å². The van der Waals surface area contributed by atoms with Crippen molar-refractivity contribution >= 4 is 33.3 Å². The first-order valence-electron chi connectivity index (χ1n) is 10.8. The van der Waals surface area contributed by atoms with E-state index >= 15 is 0 Å². The molecule has 4 rings (SSSR count). The number of piperidine rings is 1. The summed E-state index contributed by atoms with van der Waals surface area (Å²) in [6, 6.07) is 12.1. The lowest BCUT2D eigenvalue weighted by Gasteiger charge is -2.34. The highest BCUT2D eigenvalue weighted by Crippen LogP contribution is 2.32. The van der Waals surface area contributed by atoms with Crippen LogP contribution in [-0.2, 0) is 10.2 Å². The molecule has 0 aliphatic carbocycles. The molecule has 0 unspecified atom stereocenters. The average Bonchev–Trinajstić information content (AvgIpc) is 3.38. The van der Waals surface area contributed by atoms with Crippen molar-refractivity contribution in [1.29, 1.82) is 0 Å². The molecule has 6 nitrogen and oxygen atoms in total. The number of benzene rings is 1. The summed E-state index contributed by atoms with van der Waals surface area (Å²) in [6.45, 7) is 9.84. The highest BCUT2D eigenvalue weighted by Gasteiger charge is 2.31. The summed E-state index contributed by atoms with van der Waals surface area (Å²) in [6.07, 6.45) is 1.62. The highest BCUT2D eigenvalue weighted by molar-refractivity contribution is 7.20. The molecular formula is C24H29N3O3S. The number of amides is 1. The molecule has 1 amide bonds. The van der Waals surface area contributed by atoms with Gasteiger partial charge in [-0.2, -0.15) is 5.10 Å². The first kappa shape index (κ1) is 21.6. The molecule has 164 valence electrons. The minimum absolute atomic E-state index is 0.100. The van der Waals surface area contributed by atoms with E-state index in [4.69, 9.17) is 4.74 Å². The predicted octanol–water partition coefficient (Wildman–Crippen LogP) is 5.05. The van der Waals surface area contributed by atoms with Gasteiger partial charge in [-0.05, 0) is 43.4 Å². The molecule has 0 radical (unpaired) electrons. The first-order valence-corrected chi connectivity index (χ1v) is 11.6. The maximum Gasteiger partial charge on any atom is 0.358 e. The second-order valence-electron chi connectivity index (χ2n) is 9.00. The van der Waals surface area contributed by atoms with Gasteiger partial charge in [-0.3, -0.25) is 9.48 Å². The van der Waals surface area contributed by atoms with E-state index in [1.807, 2.05) is 39.9 Å². The van der Waals surface area contributed by atoms with Crippen LogP contribution in [0, 0.1) is 0 Å². The van der Waals surface area contributed by atoms with Crippen molar-refractivity contribution in [3.63, 3.8) is 0 Å². The van der Waals surface area contributed by atoms with E-state index < -0.39 is 0 Å². The van der Waals surface area contributed by atoms with Crippen molar-refractivity contribution in [2.75, 3.05) is 19.7 Å². The first-order chi connectivity index (χ1) is 14.8. The van der Waals surface area contributed by atoms with Crippen LogP contribution in [0.1, 0.15) is 72.4 Å². The maximum absolute atomic E-state index is 13.1. The summed E-state index contributed by atoms with van der Waals surface area (Å²) in [5.74, 6) is -0.285. The lowest BCUT2D eigenvalue weighted by atomic mass is 9.91. The van der Waals surface area contributed by atoms with Crippen LogP contribution in [0.3, 0.4) is 0 Å². The number of hydrogen-bond acceptors (Lipinski definition) is 5. The Bertz CT molecular complexity index is 1070. The molecule has 0 N–H and O–H groups in total. The van der Waals surface area contributed by atoms with Gasteiger partial charge >= 0.3 is 5.97 Å². The van der Waals surface area contributed by atoms with E-state index in [-0.39, 0.29) is 23.3 Å². The number of carbonyl (C=O) groups is 2. The van der Waals surface area contributed by atoms with Gasteiger partial charge in [0.25, 0.3) is 5.91 Å². The van der Waals surface area contributed by atoms with E-state index in [9.17, 15) is 9.59 Å². The van der Waals surface area contributed by atoms with E-state index in [1.165, 1.54) is 0 Å². The van der Waals surface area contributed by atoms with Crippen LogP contribution in [0.25, 0.3) is 10.1 Å². The normalized spacial score (nSPS) is 15.4. The number of hydrogen-bond donors (Lipinski definition) is 0. The minimum atomic E-state index is -0.385. The number of esters is 1. The smallest absolute Gasteiger partial charge is 0.358 e. The fourth-order valence-corrected chi connectivity index (χ4v) is 5.13. The molecule has 1 saturated heterocycles. The van der Waals surface area contributed by atoms with Gasteiger partial charge < -0.3 is 9.64 Å². The van der Waals surface area contributed by atoms with Crippen LogP contribution in [0.15, 0.2) is 36.4 Å². The summed E-state index contributed by atoms with van der Waals surface area (Å²) in [4.78, 5) is 28.0. The highest BCUT2D eigenvalue weighted by atomic mass is 32.1. The fourth-order valence-electron chi connectivity index (χ4n) is 4.09. The van der Waals surface area contributed by atoms with E-state index in [1.54, 1.807) is 18.3 Å². The van der Waals surface area contributed by atoms with Crippen LogP contribution in [0.2, 0.25) is 0 Å². The number of nitrogens with zero attached hydrogens (tertiary/aromatic N) is 3. The topological polar surface area (TPSA) is 64.4 Å². The summed E-state index contributed by atoms with van der Waals surface area (Å²) < 4.78 is 8.28. The van der Waals surface area contributed by atoms with Crippen molar-refractivity contribution in [2.45, 2.75) is 52.0 Å². The van der Waals surface area contributed by atoms with Gasteiger partial charge in [0.05, 0.1) is 17.5 Å². The third-order valence-electron chi connectivity index (χ3n) is 5.72. The summed E-state index contributed by atoms with van der Waals surface area (Å²) in [5.41, 5.74) is 1.22. The molecule has 3 heterocycles. The monoisotopic (exact) mass is 439 g/mol. The van der Waals surface area contributed by atoms with Crippen molar-refractivity contribution < 1.29 is 14.3 Å². The second-order valence-corrected chi connectivity index (χ2v) is 10.1. The Hall–Kier alpha value is -2.67. The molecule has 1 fully saturated rings. The zero-order valence-electron chi connectivity index (χ0n) is 18.6. The average molecular weight is 440 g/mol. The molecule has 2 aromatic heterocycles. The van der Waals surface area contributed by atoms with Crippen molar-refractivity contribution in [1.82, 2.24) is 14.7 Å². The van der Waals surface area contributed by atoms with E-state index in [2.05, 4.69) is 31.9 Å². The number of rotatable bonds is 4. The lowest BCUT2D eigenvalue weighted by molar-refractivity contribution is 0.0517. The van der Waals surface area contributed by atoms with Crippen molar-refractivity contribution in [2.24, 2.45) is 0 Å². The van der Waals surface area contributed by atoms with Gasteiger partial charge in [0, 0.05) is 28.9 Å². The molecule has 0 saturated carbocycles. The number of ether oxygens (including phenoxy) is 1. The third kappa shape index (κ3) is 4.37. The minimum Gasteiger partial charge on any atom is -0.461 e. The van der Waals surface area contributed by atoms with Crippen molar-refractivity contribution in [3.05, 3.63) is 52.7 Å². The Morgan fingerprint density at radius 2 is 1.87 bits per heavy atom. The van der Waals surface area contributed by atoms with Gasteiger partial charge in [-0.1, -0.05) is 39.0 Å². The summed E-state index contributed by atoms with van der Waals surface area (Å²) in [7, 11) is 0. The number of thiophene rings is 1. The standard InChI is InChI=1S/C24H29N3O3S/c1-5-30-23(29)18-15-21(24(2,3)4)27(25-18)17-10-12-26(13-11-17)22(28)20-14-16-8-6-7-9-19(16)31-20/h6-9,14-15,17H,5,10-13H2,1-4H3. The number of fused-ring (bicyclic) bond motifs is 1. The molecule has 7 heteroatoms. The largest absolute Gasteiger partial charge is 0.461 e. The predicted molar refractivity (Wildman–Crippen MR) is 123 cm³/mol. The number of carbonyl (C=O) groups excluding carboxylic acids is 2. The maximum atomic E-state index is 13.1. The molecule has 0 spiro atoms. The summed E-state index contributed by atoms with van der Waals surface area (Å²) >= 11 is 1.55. The van der Waals surface area contributed by atoms with Crippen LogP contribution in [-0.4, -0.2) is 46.3 Å². The fraction of sp³-hybridized carbons (Fsp3) is 0.458. The van der Waals surface area contributed by atoms with Crippen LogP contribution < -0.4 is 0 Å². The van der Waals surface area contributed by atoms with Crippen LogP contribution >= 0.6 is 11.3 Å². The third-order valence-corrected chi connectivity index (χ3v) is 6.83. The van der Waals surface area contributed by atoms with Crippen LogP contribution in [0.4, 0.5) is 0 Å². The Morgan fingerprint density at radius 1 is 1.16 bits per heavy atom. The van der Waals surface area contributed by atoms with Gasteiger partial charge in [-0.15, -0.1) is 11.3 Å². The number of aromatic nitrogens is 2. The molecule has 1 aliphatic heterocycles. The Balaban J connectivity index is 1.50. The van der Waals surface area contributed by atoms with Gasteiger partial charge in [0.2, 0.25) is 0 Å². The quantitative estimate of drug-likeness (QED) is 0.534. The lowest BCUT2D eigenvalue weighted by Crippen LogP contribution is -2.39. The molecule has 31 heavy (non-hydrogen) atoms. The molecule has 3 aromatic rings. The number of likely N-dealkylation sites (tertiary alicyclic amines) is 1. The second kappa shape index (κ2) is 8.46. The molecular weight excluding hydrogens is 410 g/mol. The Morgan fingerprint density at radius 3 is 2.52 bits per heavy atom. The Kier molecular flexibility index (Phi) is 5.88. The molecule has 1 aromatic carbocycles. The van der Waals surface area contributed by atoms with Gasteiger partial charge in [0.1, 0.15) is 0 Å². The van der Waals surface area contributed by atoms with E-state index in [0.29, 0.717) is 25.4 Å². The summed E-state index contributed by atoms with van der Waals surface area (Å²) in [5, 5.41) is 5.73. The van der Waals surface area contributed by atoms with Gasteiger partial charge in [-0.25, -0.2) is 4.79 Å². The molecule has 0 bridgehead atoms. The van der Waals surface area contributed by atoms with Crippen molar-refractivity contribution in [3.8, 4) is 0 Å². The van der Waals surface area contributed by atoms with Crippen LogP contribution in [0.5, 0.6) is 0 Å². The zero-order valence-corrected chi connectivity index (χ0v) is 19.4.